The Balaban J connectivity index is 3.37. The van der Waals surface area contributed by atoms with Gasteiger partial charge in [-0.15, -0.1) is 0 Å². The van der Waals surface area contributed by atoms with E-state index in [1.165, 1.54) is 0 Å². The fraction of sp³-hybridized carbons (Fsp3) is 0.400. The van der Waals surface area contributed by atoms with E-state index in [-0.39, 0.29) is 12.1 Å². The highest BCUT2D eigenvalue weighted by Crippen LogP contribution is 2.48. The third kappa shape index (κ3) is 3.32. The van der Waals surface area contributed by atoms with Crippen molar-refractivity contribution in [1.82, 2.24) is 0 Å². The third-order valence-electron chi connectivity index (χ3n) is 2.17. The number of para-hydroxylation sites is 1. The number of rotatable bonds is 2. The zero-order chi connectivity index (χ0) is 16.7. The molecule has 1 rings (SSSR count). The molecule has 0 aliphatic rings. The molecule has 0 aliphatic carbocycles. The summed E-state index contributed by atoms with van der Waals surface area (Å²) in [6.07, 6.45) is -18.6. The van der Waals surface area contributed by atoms with E-state index in [4.69, 9.17) is 0 Å². The number of halogens is 10. The van der Waals surface area contributed by atoms with Gasteiger partial charge < -0.3 is 4.74 Å². The quantitative estimate of drug-likeness (QED) is 0.703. The van der Waals surface area contributed by atoms with Crippen molar-refractivity contribution in [2.24, 2.45) is 0 Å². The third-order valence-corrected chi connectivity index (χ3v) is 2.17. The summed E-state index contributed by atoms with van der Waals surface area (Å²) in [5.41, 5.74) is -1.97. The van der Waals surface area contributed by atoms with Crippen LogP contribution in [0.3, 0.4) is 0 Å². The smallest absolute Gasteiger partial charge is 0.443 e. The molecule has 1 aromatic carbocycles. The van der Waals surface area contributed by atoms with Gasteiger partial charge in [-0.3, -0.25) is 0 Å². The van der Waals surface area contributed by atoms with Crippen LogP contribution in [0.5, 0.6) is 5.75 Å². The van der Waals surface area contributed by atoms with Crippen LogP contribution in [0.15, 0.2) is 24.3 Å². The van der Waals surface area contributed by atoms with Crippen LogP contribution >= 0.6 is 0 Å². The maximum absolute atomic E-state index is 13.2. The average Bonchev–Trinajstić information content (AvgIpc) is 2.25. The van der Waals surface area contributed by atoms with Gasteiger partial charge in [0.15, 0.2) is 0 Å². The largest absolute Gasteiger partial charge is 0.470 e. The summed E-state index contributed by atoms with van der Waals surface area (Å²) >= 11 is 0. The van der Waals surface area contributed by atoms with Gasteiger partial charge in [-0.1, -0.05) is 12.1 Å². The predicted molar refractivity (Wildman–Crippen MR) is 48.0 cm³/mol. The standard InChI is InChI=1S/C10H4F10O/c11-7(12,13)5-3-1-2-4-6(5)21-8(14,9(15,16)17)10(18,19)20/h1-4H. The van der Waals surface area contributed by atoms with Crippen LogP contribution in [-0.4, -0.2) is 18.2 Å². The molecule has 0 aliphatic heterocycles. The summed E-state index contributed by atoms with van der Waals surface area (Å²) in [4.78, 5) is 0. The molecule has 0 aromatic heterocycles. The summed E-state index contributed by atoms with van der Waals surface area (Å²) < 4.78 is 127. The highest BCUT2D eigenvalue weighted by Gasteiger charge is 2.76. The van der Waals surface area contributed by atoms with Crippen molar-refractivity contribution < 1.29 is 48.6 Å². The van der Waals surface area contributed by atoms with E-state index in [0.717, 1.165) is 0 Å². The van der Waals surface area contributed by atoms with E-state index < -0.39 is 35.7 Å². The van der Waals surface area contributed by atoms with Gasteiger partial charge >= 0.3 is 24.4 Å². The van der Waals surface area contributed by atoms with Crippen LogP contribution in [0.1, 0.15) is 5.56 Å². The second-order valence-electron chi connectivity index (χ2n) is 3.69. The Hall–Kier alpha value is -1.68. The van der Waals surface area contributed by atoms with Crippen molar-refractivity contribution in [2.45, 2.75) is 24.4 Å². The van der Waals surface area contributed by atoms with Crippen molar-refractivity contribution in [3.63, 3.8) is 0 Å². The van der Waals surface area contributed by atoms with Crippen molar-refractivity contribution in [2.75, 3.05) is 0 Å². The normalized spacial score (nSPS) is 14.2. The Kier molecular flexibility index (Phi) is 4.09. The van der Waals surface area contributed by atoms with Crippen LogP contribution in [0.4, 0.5) is 43.9 Å². The van der Waals surface area contributed by atoms with Gasteiger partial charge in [-0.2, -0.15) is 43.9 Å². The lowest BCUT2D eigenvalue weighted by Crippen LogP contribution is -2.57. The van der Waals surface area contributed by atoms with Crippen LogP contribution in [0.2, 0.25) is 0 Å². The lowest BCUT2D eigenvalue weighted by Gasteiger charge is -2.30. The van der Waals surface area contributed by atoms with E-state index in [1.54, 1.807) is 0 Å². The molecular weight excluding hydrogens is 326 g/mol. The molecule has 21 heavy (non-hydrogen) atoms. The molecule has 0 atom stereocenters. The molecular formula is C10H4F10O. The van der Waals surface area contributed by atoms with Gasteiger partial charge in [0.05, 0.1) is 5.56 Å². The molecule has 0 heterocycles. The Morgan fingerprint density at radius 1 is 0.667 bits per heavy atom. The first-order valence-corrected chi connectivity index (χ1v) is 4.88. The number of ether oxygens (including phenoxy) is 1. The Labute approximate surface area is 110 Å². The van der Waals surface area contributed by atoms with Crippen LogP contribution in [0.25, 0.3) is 0 Å². The van der Waals surface area contributed by atoms with E-state index >= 15 is 0 Å². The van der Waals surface area contributed by atoms with Gasteiger partial charge in [0.2, 0.25) is 0 Å². The van der Waals surface area contributed by atoms with E-state index in [1.807, 2.05) is 0 Å². The molecule has 0 amide bonds. The SMILES string of the molecule is FC(F)(F)c1ccccc1OC(F)(C(F)(F)F)C(F)(F)F. The van der Waals surface area contributed by atoms with Gasteiger partial charge in [0.25, 0.3) is 0 Å². The Bertz CT molecular complexity index is 484. The number of benzene rings is 1. The Morgan fingerprint density at radius 2 is 1.10 bits per heavy atom. The van der Waals surface area contributed by atoms with Crippen LogP contribution in [0, 0.1) is 0 Å². The number of alkyl halides is 10. The number of hydrogen-bond acceptors (Lipinski definition) is 1. The maximum Gasteiger partial charge on any atom is 0.470 e. The van der Waals surface area contributed by atoms with Crippen molar-refractivity contribution >= 4 is 0 Å². The predicted octanol–water partition coefficient (Wildman–Crippen LogP) is 4.87. The molecule has 0 radical (unpaired) electrons. The summed E-state index contributed by atoms with van der Waals surface area (Å²) in [5.74, 6) is -8.19. The molecule has 0 bridgehead atoms. The zero-order valence-corrected chi connectivity index (χ0v) is 9.50. The molecule has 0 fully saturated rings. The van der Waals surface area contributed by atoms with Gasteiger partial charge in [-0.05, 0) is 12.1 Å². The van der Waals surface area contributed by atoms with Crippen molar-refractivity contribution in [3.05, 3.63) is 29.8 Å². The molecule has 1 nitrogen and oxygen atoms in total. The molecule has 1 aromatic rings. The van der Waals surface area contributed by atoms with Gasteiger partial charge in [-0.25, -0.2) is 0 Å². The minimum absolute atomic E-state index is 0.147. The van der Waals surface area contributed by atoms with Gasteiger partial charge in [0.1, 0.15) is 5.75 Å². The lowest BCUT2D eigenvalue weighted by molar-refractivity contribution is -0.406. The molecule has 120 valence electrons. The summed E-state index contributed by atoms with van der Waals surface area (Å²) in [6, 6.07) is 1.66. The lowest BCUT2D eigenvalue weighted by atomic mass is 10.2. The first-order chi connectivity index (χ1) is 9.20. The van der Waals surface area contributed by atoms with Gasteiger partial charge in [0, 0.05) is 0 Å². The highest BCUT2D eigenvalue weighted by atomic mass is 19.4. The number of hydrogen-bond donors (Lipinski definition) is 0. The first-order valence-electron chi connectivity index (χ1n) is 4.88. The van der Waals surface area contributed by atoms with Crippen LogP contribution in [-0.2, 0) is 6.18 Å². The van der Waals surface area contributed by atoms with E-state index in [9.17, 15) is 43.9 Å². The fourth-order valence-corrected chi connectivity index (χ4v) is 1.22. The van der Waals surface area contributed by atoms with Crippen LogP contribution < -0.4 is 4.74 Å². The van der Waals surface area contributed by atoms with Crippen molar-refractivity contribution in [3.8, 4) is 5.75 Å². The summed E-state index contributed by atoms with van der Waals surface area (Å²) in [6.45, 7) is 0. The Morgan fingerprint density at radius 3 is 1.48 bits per heavy atom. The minimum atomic E-state index is -6.62. The average molecular weight is 330 g/mol. The highest BCUT2D eigenvalue weighted by molar-refractivity contribution is 5.36. The second-order valence-corrected chi connectivity index (χ2v) is 3.69. The molecule has 0 unspecified atom stereocenters. The topological polar surface area (TPSA) is 9.23 Å². The maximum atomic E-state index is 13.2. The molecule has 0 spiro atoms. The molecule has 0 N–H and O–H groups in total. The molecule has 0 saturated carbocycles. The fourth-order valence-electron chi connectivity index (χ4n) is 1.22. The molecule has 0 saturated heterocycles. The zero-order valence-electron chi connectivity index (χ0n) is 9.50. The second kappa shape index (κ2) is 4.95. The minimum Gasteiger partial charge on any atom is -0.443 e. The summed E-state index contributed by atoms with van der Waals surface area (Å²) in [7, 11) is 0. The first kappa shape index (κ1) is 17.4. The monoisotopic (exact) mass is 330 g/mol. The van der Waals surface area contributed by atoms with E-state index in [0.29, 0.717) is 12.1 Å². The van der Waals surface area contributed by atoms with E-state index in [2.05, 4.69) is 4.74 Å². The molecule has 11 heteroatoms. The van der Waals surface area contributed by atoms with Crippen molar-refractivity contribution in [1.29, 1.82) is 0 Å². The summed E-state index contributed by atoms with van der Waals surface area (Å²) in [5, 5.41) is 0.